The molecule has 0 saturated heterocycles. The number of aromatic nitrogens is 4. The Morgan fingerprint density at radius 1 is 1.21 bits per heavy atom. The van der Waals surface area contributed by atoms with Gasteiger partial charge in [0.05, 0.1) is 12.2 Å². The average Bonchev–Trinajstić information content (AvgIpc) is 2.93. The van der Waals surface area contributed by atoms with Gasteiger partial charge in [-0.25, -0.2) is 0 Å². The molecular formula is C12H19N5OS. The van der Waals surface area contributed by atoms with Gasteiger partial charge in [0.25, 0.3) is 5.89 Å². The van der Waals surface area contributed by atoms with Crippen molar-refractivity contribution in [2.24, 2.45) is 0 Å². The van der Waals surface area contributed by atoms with Gasteiger partial charge >= 0.3 is 0 Å². The van der Waals surface area contributed by atoms with Gasteiger partial charge in [-0.2, -0.15) is 0 Å². The summed E-state index contributed by atoms with van der Waals surface area (Å²) in [5.74, 6) is 1.08. The highest BCUT2D eigenvalue weighted by atomic mass is 32.1. The van der Waals surface area contributed by atoms with E-state index in [2.05, 4.69) is 59.7 Å². The monoisotopic (exact) mass is 281 g/mol. The molecule has 2 heterocycles. The van der Waals surface area contributed by atoms with E-state index in [1.54, 1.807) is 0 Å². The summed E-state index contributed by atoms with van der Waals surface area (Å²) in [6, 6.07) is 0.380. The standard InChI is InChI=1S/C12H19N5OS/c1-7(2)13-6-8-14-16-11(18-8)9-10(12(3,4)5)15-17-19-9/h7,13H,6H2,1-5H3. The molecule has 0 radical (unpaired) electrons. The second-order valence-electron chi connectivity index (χ2n) is 5.74. The molecule has 104 valence electrons. The Balaban J connectivity index is 2.21. The predicted octanol–water partition coefficient (Wildman–Crippen LogP) is 2.38. The molecule has 0 atom stereocenters. The van der Waals surface area contributed by atoms with Crippen LogP contribution in [0, 0.1) is 0 Å². The highest BCUT2D eigenvalue weighted by Crippen LogP contribution is 2.32. The first-order chi connectivity index (χ1) is 8.88. The molecule has 2 aromatic rings. The Morgan fingerprint density at radius 3 is 2.58 bits per heavy atom. The van der Waals surface area contributed by atoms with Crippen LogP contribution in [0.4, 0.5) is 0 Å². The third-order valence-electron chi connectivity index (χ3n) is 2.52. The predicted molar refractivity (Wildman–Crippen MR) is 73.9 cm³/mol. The van der Waals surface area contributed by atoms with Crippen molar-refractivity contribution in [3.8, 4) is 10.8 Å². The van der Waals surface area contributed by atoms with Crippen molar-refractivity contribution in [2.75, 3.05) is 0 Å². The van der Waals surface area contributed by atoms with Crippen molar-refractivity contribution in [1.82, 2.24) is 25.1 Å². The van der Waals surface area contributed by atoms with Crippen molar-refractivity contribution in [1.29, 1.82) is 0 Å². The van der Waals surface area contributed by atoms with Crippen LogP contribution in [0.5, 0.6) is 0 Å². The maximum absolute atomic E-state index is 5.66. The Morgan fingerprint density at radius 2 is 1.95 bits per heavy atom. The molecule has 19 heavy (non-hydrogen) atoms. The van der Waals surface area contributed by atoms with Gasteiger partial charge in [-0.05, 0) is 11.5 Å². The maximum Gasteiger partial charge on any atom is 0.261 e. The van der Waals surface area contributed by atoms with Gasteiger partial charge in [0.15, 0.2) is 0 Å². The van der Waals surface area contributed by atoms with Gasteiger partial charge in [0.2, 0.25) is 5.89 Å². The first-order valence-corrected chi connectivity index (χ1v) is 7.04. The van der Waals surface area contributed by atoms with Crippen molar-refractivity contribution in [3.63, 3.8) is 0 Å². The quantitative estimate of drug-likeness (QED) is 0.927. The molecule has 0 unspecified atom stereocenters. The molecule has 0 saturated carbocycles. The number of rotatable bonds is 4. The van der Waals surface area contributed by atoms with Crippen LogP contribution in [0.15, 0.2) is 4.42 Å². The van der Waals surface area contributed by atoms with E-state index >= 15 is 0 Å². The lowest BCUT2D eigenvalue weighted by molar-refractivity contribution is 0.458. The van der Waals surface area contributed by atoms with Crippen LogP contribution in [0.1, 0.15) is 46.2 Å². The van der Waals surface area contributed by atoms with E-state index < -0.39 is 0 Å². The summed E-state index contributed by atoms with van der Waals surface area (Å²) in [7, 11) is 0. The molecule has 2 aromatic heterocycles. The van der Waals surface area contributed by atoms with E-state index in [0.717, 1.165) is 10.6 Å². The Kier molecular flexibility index (Phi) is 3.96. The molecule has 7 heteroatoms. The first-order valence-electron chi connectivity index (χ1n) is 6.27. The van der Waals surface area contributed by atoms with Crippen LogP contribution in [0.25, 0.3) is 10.8 Å². The lowest BCUT2D eigenvalue weighted by Gasteiger charge is -2.14. The largest absolute Gasteiger partial charge is 0.418 e. The van der Waals surface area contributed by atoms with Crippen LogP contribution < -0.4 is 5.32 Å². The third-order valence-corrected chi connectivity index (χ3v) is 3.23. The molecule has 0 aromatic carbocycles. The number of hydrogen-bond donors (Lipinski definition) is 1. The zero-order chi connectivity index (χ0) is 14.0. The summed E-state index contributed by atoms with van der Waals surface area (Å²) < 4.78 is 9.66. The Bertz CT molecular complexity index is 540. The smallest absolute Gasteiger partial charge is 0.261 e. The summed E-state index contributed by atoms with van der Waals surface area (Å²) in [5.41, 5.74) is 0.803. The Hall–Kier alpha value is -1.34. The molecule has 0 aliphatic heterocycles. The van der Waals surface area contributed by atoms with E-state index in [-0.39, 0.29) is 5.41 Å². The highest BCUT2D eigenvalue weighted by Gasteiger charge is 2.26. The number of nitrogens with one attached hydrogen (secondary N) is 1. The number of hydrogen-bond acceptors (Lipinski definition) is 7. The molecule has 0 bridgehead atoms. The Labute approximate surface area is 116 Å². The summed E-state index contributed by atoms with van der Waals surface area (Å²) in [5, 5.41) is 15.5. The van der Waals surface area contributed by atoms with E-state index in [4.69, 9.17) is 4.42 Å². The van der Waals surface area contributed by atoms with Crippen LogP contribution in [-0.2, 0) is 12.0 Å². The molecular weight excluding hydrogens is 262 g/mol. The normalized spacial score (nSPS) is 12.3. The van der Waals surface area contributed by atoms with E-state index in [9.17, 15) is 0 Å². The molecule has 0 amide bonds. The third kappa shape index (κ3) is 3.36. The summed E-state index contributed by atoms with van der Waals surface area (Å²) in [6.07, 6.45) is 0. The zero-order valence-corrected chi connectivity index (χ0v) is 12.7. The van der Waals surface area contributed by atoms with Gasteiger partial charge in [0.1, 0.15) is 4.88 Å². The van der Waals surface area contributed by atoms with Gasteiger partial charge < -0.3 is 9.73 Å². The van der Waals surface area contributed by atoms with Crippen molar-refractivity contribution >= 4 is 11.5 Å². The average molecular weight is 281 g/mol. The lowest BCUT2D eigenvalue weighted by Crippen LogP contribution is -2.21. The second-order valence-corrected chi connectivity index (χ2v) is 6.49. The maximum atomic E-state index is 5.66. The van der Waals surface area contributed by atoms with Crippen LogP contribution in [0.2, 0.25) is 0 Å². The minimum Gasteiger partial charge on any atom is -0.418 e. The lowest BCUT2D eigenvalue weighted by atomic mass is 9.91. The highest BCUT2D eigenvalue weighted by molar-refractivity contribution is 7.09. The second kappa shape index (κ2) is 5.34. The molecule has 0 aliphatic carbocycles. The first kappa shape index (κ1) is 14.1. The summed E-state index contributed by atoms with van der Waals surface area (Å²) in [6.45, 7) is 11.0. The zero-order valence-electron chi connectivity index (χ0n) is 11.9. The molecule has 1 N–H and O–H groups in total. The molecule has 0 spiro atoms. The summed E-state index contributed by atoms with van der Waals surface area (Å²) >= 11 is 1.29. The molecule has 0 aliphatic rings. The fourth-order valence-electron chi connectivity index (χ4n) is 1.53. The fraction of sp³-hybridized carbons (Fsp3) is 0.667. The van der Waals surface area contributed by atoms with Crippen molar-refractivity contribution in [2.45, 2.75) is 52.6 Å². The van der Waals surface area contributed by atoms with Crippen molar-refractivity contribution < 1.29 is 4.42 Å². The van der Waals surface area contributed by atoms with E-state index in [1.165, 1.54) is 11.5 Å². The number of nitrogens with zero attached hydrogens (tertiary/aromatic N) is 4. The topological polar surface area (TPSA) is 76.7 Å². The SMILES string of the molecule is CC(C)NCc1nnc(-c2snnc2C(C)(C)C)o1. The molecule has 0 fully saturated rings. The minimum absolute atomic E-state index is 0.0901. The van der Waals surface area contributed by atoms with Gasteiger partial charge in [-0.15, -0.1) is 15.3 Å². The molecule has 2 rings (SSSR count). The van der Waals surface area contributed by atoms with Gasteiger partial charge in [-0.1, -0.05) is 39.1 Å². The van der Waals surface area contributed by atoms with E-state index in [0.29, 0.717) is 24.4 Å². The van der Waals surface area contributed by atoms with Crippen LogP contribution >= 0.6 is 11.5 Å². The van der Waals surface area contributed by atoms with Gasteiger partial charge in [-0.3, -0.25) is 0 Å². The van der Waals surface area contributed by atoms with Crippen molar-refractivity contribution in [3.05, 3.63) is 11.6 Å². The van der Waals surface area contributed by atoms with E-state index in [1.807, 2.05) is 0 Å². The van der Waals surface area contributed by atoms with Crippen LogP contribution in [-0.4, -0.2) is 25.8 Å². The minimum atomic E-state index is -0.0901. The molecule has 6 nitrogen and oxygen atoms in total. The van der Waals surface area contributed by atoms with Crippen LogP contribution in [0.3, 0.4) is 0 Å². The van der Waals surface area contributed by atoms with Gasteiger partial charge in [0, 0.05) is 11.5 Å². The fourth-order valence-corrected chi connectivity index (χ4v) is 2.33. The summed E-state index contributed by atoms with van der Waals surface area (Å²) in [4.78, 5) is 0.857.